The van der Waals surface area contributed by atoms with Gasteiger partial charge in [-0.1, -0.05) is 84.0 Å². The van der Waals surface area contributed by atoms with Gasteiger partial charge in [0.1, 0.15) is 5.60 Å². The Balaban J connectivity index is 3.59. The Labute approximate surface area is 229 Å². The lowest BCUT2D eigenvalue weighted by Crippen LogP contribution is -2.29. The van der Waals surface area contributed by atoms with Crippen molar-refractivity contribution in [2.24, 2.45) is 0 Å². The zero-order valence-corrected chi connectivity index (χ0v) is 25.0. The van der Waals surface area contributed by atoms with Crippen LogP contribution in [0, 0.1) is 0 Å². The number of nitrogens with zero attached hydrogens (tertiary/aromatic N) is 1. The Morgan fingerprint density at radius 3 is 1.59 bits per heavy atom. The smallest absolute Gasteiger partial charge is 0.306 e. The number of unbranched alkanes of at least 4 members (excludes halogenated alkanes) is 14. The molecule has 0 amide bonds. The molecule has 0 spiro atoms. The molecule has 6 heteroatoms. The van der Waals surface area contributed by atoms with Gasteiger partial charge in [-0.15, -0.1) is 0 Å². The summed E-state index contributed by atoms with van der Waals surface area (Å²) in [5, 5.41) is 9.37. The van der Waals surface area contributed by atoms with Crippen molar-refractivity contribution in [2.45, 2.75) is 155 Å². The van der Waals surface area contributed by atoms with Crippen molar-refractivity contribution in [3.63, 3.8) is 0 Å². The molecule has 0 saturated carbocycles. The SMILES string of the molecule is CCCCCCCCCOC(=O)CCCCCCCN(CCO)CCCCCCCC(=O)OC(C)(C)C. The van der Waals surface area contributed by atoms with Gasteiger partial charge >= 0.3 is 11.9 Å². The predicted octanol–water partition coefficient (Wildman–Crippen LogP) is 7.60. The third-order valence-corrected chi connectivity index (χ3v) is 6.56. The van der Waals surface area contributed by atoms with E-state index in [2.05, 4.69) is 11.8 Å². The first-order valence-corrected chi connectivity index (χ1v) is 15.5. The zero-order chi connectivity index (χ0) is 27.6. The second-order valence-electron chi connectivity index (χ2n) is 11.5. The summed E-state index contributed by atoms with van der Waals surface area (Å²) in [6.45, 7) is 11.5. The van der Waals surface area contributed by atoms with Crippen molar-refractivity contribution in [1.29, 1.82) is 0 Å². The number of ether oxygens (including phenoxy) is 2. The second-order valence-corrected chi connectivity index (χ2v) is 11.5. The number of carbonyl (C=O) groups excluding carboxylic acids is 2. The molecule has 220 valence electrons. The van der Waals surface area contributed by atoms with Gasteiger partial charge in [-0.05, 0) is 66.0 Å². The van der Waals surface area contributed by atoms with Crippen molar-refractivity contribution in [2.75, 3.05) is 32.8 Å². The van der Waals surface area contributed by atoms with Crippen LogP contribution in [0.4, 0.5) is 0 Å². The number of aliphatic hydroxyl groups is 1. The minimum absolute atomic E-state index is 0.0371. The monoisotopic (exact) mass is 527 g/mol. The van der Waals surface area contributed by atoms with E-state index in [9.17, 15) is 14.7 Å². The largest absolute Gasteiger partial charge is 0.466 e. The summed E-state index contributed by atoms with van der Waals surface area (Å²) in [5.41, 5.74) is -0.395. The second kappa shape index (κ2) is 25.2. The first-order valence-electron chi connectivity index (χ1n) is 15.5. The van der Waals surface area contributed by atoms with E-state index in [0.717, 1.165) is 83.8 Å². The van der Waals surface area contributed by atoms with Crippen LogP contribution in [0.25, 0.3) is 0 Å². The summed E-state index contributed by atoms with van der Waals surface area (Å²) in [7, 11) is 0. The molecule has 0 fully saturated rings. The van der Waals surface area contributed by atoms with Gasteiger partial charge in [-0.2, -0.15) is 0 Å². The summed E-state index contributed by atoms with van der Waals surface area (Å²) in [6, 6.07) is 0. The topological polar surface area (TPSA) is 76.1 Å². The maximum Gasteiger partial charge on any atom is 0.306 e. The molecule has 0 aliphatic heterocycles. The van der Waals surface area contributed by atoms with Gasteiger partial charge in [0.25, 0.3) is 0 Å². The van der Waals surface area contributed by atoms with Crippen LogP contribution in [0.5, 0.6) is 0 Å². The van der Waals surface area contributed by atoms with E-state index < -0.39 is 5.60 Å². The van der Waals surface area contributed by atoms with Crippen LogP contribution in [0.1, 0.15) is 150 Å². The molecule has 0 rings (SSSR count). The molecule has 0 aromatic heterocycles. The molecule has 0 aliphatic carbocycles. The fourth-order valence-corrected chi connectivity index (χ4v) is 4.46. The van der Waals surface area contributed by atoms with Crippen molar-refractivity contribution < 1.29 is 24.2 Å². The molecule has 6 nitrogen and oxygen atoms in total. The van der Waals surface area contributed by atoms with E-state index in [-0.39, 0.29) is 18.5 Å². The summed E-state index contributed by atoms with van der Waals surface area (Å²) in [6.07, 6.45) is 20.6. The maximum absolute atomic E-state index is 11.9. The van der Waals surface area contributed by atoms with Crippen molar-refractivity contribution >= 4 is 11.9 Å². The van der Waals surface area contributed by atoms with E-state index in [0.29, 0.717) is 19.4 Å². The predicted molar refractivity (Wildman–Crippen MR) is 154 cm³/mol. The molecule has 0 atom stereocenters. The molecule has 0 radical (unpaired) electrons. The summed E-state index contributed by atoms with van der Waals surface area (Å²) in [5.74, 6) is -0.134. The van der Waals surface area contributed by atoms with Gasteiger partial charge in [-0.3, -0.25) is 9.59 Å². The summed E-state index contributed by atoms with van der Waals surface area (Å²) < 4.78 is 10.7. The molecule has 0 heterocycles. The van der Waals surface area contributed by atoms with Gasteiger partial charge in [0.05, 0.1) is 13.2 Å². The molecule has 37 heavy (non-hydrogen) atoms. The standard InChI is InChI=1S/C31H61NO5/c1-5-6-7-8-9-16-21-28-36-29(34)22-17-12-10-14-19-24-32(26-27-33)25-20-15-11-13-18-23-30(35)37-31(2,3)4/h33H,5-28H2,1-4H3. The average molecular weight is 528 g/mol. The van der Waals surface area contributed by atoms with Crippen LogP contribution in [-0.4, -0.2) is 60.4 Å². The van der Waals surface area contributed by atoms with E-state index >= 15 is 0 Å². The number of hydrogen-bond donors (Lipinski definition) is 1. The molecular weight excluding hydrogens is 466 g/mol. The van der Waals surface area contributed by atoms with Crippen molar-refractivity contribution in [3.8, 4) is 0 Å². The molecular formula is C31H61NO5. The fraction of sp³-hybridized carbons (Fsp3) is 0.935. The van der Waals surface area contributed by atoms with E-state index in [4.69, 9.17) is 9.47 Å². The molecule has 0 bridgehead atoms. The fourth-order valence-electron chi connectivity index (χ4n) is 4.46. The van der Waals surface area contributed by atoms with Gasteiger partial charge < -0.3 is 19.5 Å². The normalized spacial score (nSPS) is 11.7. The Hall–Kier alpha value is -1.14. The van der Waals surface area contributed by atoms with Crippen LogP contribution < -0.4 is 0 Å². The molecule has 0 aliphatic rings. The first-order chi connectivity index (χ1) is 17.8. The Kier molecular flexibility index (Phi) is 24.4. The number of rotatable bonds is 26. The zero-order valence-electron chi connectivity index (χ0n) is 25.0. The molecule has 0 aromatic rings. The highest BCUT2D eigenvalue weighted by Gasteiger charge is 2.15. The lowest BCUT2D eigenvalue weighted by atomic mass is 10.1. The summed E-state index contributed by atoms with van der Waals surface area (Å²) >= 11 is 0. The quantitative estimate of drug-likeness (QED) is 0.0922. The van der Waals surface area contributed by atoms with Crippen LogP contribution in [-0.2, 0) is 19.1 Å². The highest BCUT2D eigenvalue weighted by atomic mass is 16.6. The third kappa shape index (κ3) is 27.7. The molecule has 0 saturated heterocycles. The van der Waals surface area contributed by atoms with Crippen molar-refractivity contribution in [1.82, 2.24) is 4.90 Å². The average Bonchev–Trinajstić information content (AvgIpc) is 2.83. The lowest BCUT2D eigenvalue weighted by Gasteiger charge is -2.21. The van der Waals surface area contributed by atoms with E-state index in [1.54, 1.807) is 0 Å². The molecule has 0 unspecified atom stereocenters. The van der Waals surface area contributed by atoms with Crippen LogP contribution >= 0.6 is 0 Å². The van der Waals surface area contributed by atoms with Crippen molar-refractivity contribution in [3.05, 3.63) is 0 Å². The minimum atomic E-state index is -0.395. The Morgan fingerprint density at radius 1 is 0.622 bits per heavy atom. The minimum Gasteiger partial charge on any atom is -0.466 e. The lowest BCUT2D eigenvalue weighted by molar-refractivity contribution is -0.155. The van der Waals surface area contributed by atoms with Gasteiger partial charge in [0.2, 0.25) is 0 Å². The highest BCUT2D eigenvalue weighted by Crippen LogP contribution is 2.13. The van der Waals surface area contributed by atoms with Crippen LogP contribution in [0.15, 0.2) is 0 Å². The number of esters is 2. The van der Waals surface area contributed by atoms with Gasteiger partial charge in [0.15, 0.2) is 0 Å². The third-order valence-electron chi connectivity index (χ3n) is 6.56. The highest BCUT2D eigenvalue weighted by molar-refractivity contribution is 5.69. The maximum atomic E-state index is 11.9. The van der Waals surface area contributed by atoms with E-state index in [1.807, 2.05) is 20.8 Å². The first kappa shape index (κ1) is 35.9. The van der Waals surface area contributed by atoms with Crippen LogP contribution in [0.2, 0.25) is 0 Å². The number of carbonyl (C=O) groups is 2. The van der Waals surface area contributed by atoms with Gasteiger partial charge in [-0.25, -0.2) is 0 Å². The van der Waals surface area contributed by atoms with E-state index in [1.165, 1.54) is 44.9 Å². The Bertz CT molecular complexity index is 532. The van der Waals surface area contributed by atoms with Gasteiger partial charge in [0, 0.05) is 19.4 Å². The Morgan fingerprint density at radius 2 is 1.08 bits per heavy atom. The molecule has 0 aromatic carbocycles. The summed E-state index contributed by atoms with van der Waals surface area (Å²) in [4.78, 5) is 26.0. The molecule has 1 N–H and O–H groups in total. The number of aliphatic hydroxyl groups excluding tert-OH is 1. The number of hydrogen-bond acceptors (Lipinski definition) is 6. The van der Waals surface area contributed by atoms with Crippen LogP contribution in [0.3, 0.4) is 0 Å².